The van der Waals surface area contributed by atoms with Gasteiger partial charge in [0.1, 0.15) is 5.75 Å². The van der Waals surface area contributed by atoms with Crippen LogP contribution in [0.15, 0.2) is 30.6 Å². The minimum absolute atomic E-state index is 0.270. The number of ether oxygens (including phenoxy) is 1. The van der Waals surface area contributed by atoms with Gasteiger partial charge in [0, 0.05) is 42.0 Å². The Kier molecular flexibility index (Phi) is 4.13. The lowest BCUT2D eigenvalue weighted by Gasteiger charge is -2.29. The summed E-state index contributed by atoms with van der Waals surface area (Å²) >= 11 is 6.40. The predicted molar refractivity (Wildman–Crippen MR) is 84.9 cm³/mol. The van der Waals surface area contributed by atoms with Gasteiger partial charge in [-0.15, -0.1) is 0 Å². The first-order valence-corrected chi connectivity index (χ1v) is 7.59. The zero-order valence-corrected chi connectivity index (χ0v) is 13.1. The number of hydrogen-bond acceptors (Lipinski definition) is 3. The van der Waals surface area contributed by atoms with Crippen LogP contribution in [-0.4, -0.2) is 11.6 Å². The maximum absolute atomic E-state index is 6.40. The average molecular weight is 303 g/mol. The summed E-state index contributed by atoms with van der Waals surface area (Å²) < 4.78 is 5.81. The molecule has 1 aliphatic rings. The van der Waals surface area contributed by atoms with Crippen molar-refractivity contribution in [1.29, 1.82) is 0 Å². The van der Waals surface area contributed by atoms with E-state index in [1.807, 2.05) is 25.3 Å². The number of benzene rings is 1. The summed E-state index contributed by atoms with van der Waals surface area (Å²) in [4.78, 5) is 4.15. The van der Waals surface area contributed by atoms with Crippen molar-refractivity contribution in [1.82, 2.24) is 10.3 Å². The van der Waals surface area contributed by atoms with E-state index in [9.17, 15) is 0 Å². The van der Waals surface area contributed by atoms with Crippen LogP contribution >= 0.6 is 11.6 Å². The van der Waals surface area contributed by atoms with E-state index in [4.69, 9.17) is 16.3 Å². The Morgan fingerprint density at radius 2 is 2.29 bits per heavy atom. The molecule has 4 heteroatoms. The molecule has 0 amide bonds. The van der Waals surface area contributed by atoms with E-state index in [0.29, 0.717) is 0 Å². The van der Waals surface area contributed by atoms with Gasteiger partial charge in [0.25, 0.3) is 0 Å². The molecule has 0 aliphatic carbocycles. The molecule has 1 unspecified atom stereocenters. The molecule has 0 saturated heterocycles. The van der Waals surface area contributed by atoms with Gasteiger partial charge in [-0.1, -0.05) is 17.7 Å². The number of nitrogens with zero attached hydrogens (tertiary/aromatic N) is 1. The third-order valence-corrected chi connectivity index (χ3v) is 4.56. The largest absolute Gasteiger partial charge is 0.493 e. The molecule has 0 saturated carbocycles. The quantitative estimate of drug-likeness (QED) is 0.931. The number of rotatable bonds is 3. The van der Waals surface area contributed by atoms with Gasteiger partial charge in [-0.3, -0.25) is 4.98 Å². The molecule has 1 aromatic heterocycles. The molecule has 0 fully saturated rings. The molecule has 21 heavy (non-hydrogen) atoms. The second kappa shape index (κ2) is 6.04. The Balaban J connectivity index is 1.85. The Labute approximate surface area is 130 Å². The molecule has 0 spiro atoms. The van der Waals surface area contributed by atoms with Crippen molar-refractivity contribution >= 4 is 11.6 Å². The fourth-order valence-electron chi connectivity index (χ4n) is 2.87. The van der Waals surface area contributed by atoms with Crippen LogP contribution in [0.2, 0.25) is 5.02 Å². The van der Waals surface area contributed by atoms with Crippen LogP contribution in [0.25, 0.3) is 0 Å². The summed E-state index contributed by atoms with van der Waals surface area (Å²) in [5, 5.41) is 4.44. The maximum atomic E-state index is 6.40. The van der Waals surface area contributed by atoms with Crippen molar-refractivity contribution in [2.24, 2.45) is 0 Å². The van der Waals surface area contributed by atoms with E-state index in [0.717, 1.165) is 41.5 Å². The zero-order valence-electron chi connectivity index (χ0n) is 12.3. The second-order valence-electron chi connectivity index (χ2n) is 5.48. The van der Waals surface area contributed by atoms with Gasteiger partial charge in [0.2, 0.25) is 0 Å². The maximum Gasteiger partial charge on any atom is 0.124 e. The summed E-state index contributed by atoms with van der Waals surface area (Å²) in [7, 11) is 0. The third-order valence-electron chi connectivity index (χ3n) is 3.98. The molecular weight excluding hydrogens is 284 g/mol. The first kappa shape index (κ1) is 14.4. The number of aryl methyl sites for hydroxylation is 1. The molecule has 1 N–H and O–H groups in total. The van der Waals surface area contributed by atoms with Crippen LogP contribution < -0.4 is 10.1 Å². The van der Waals surface area contributed by atoms with Gasteiger partial charge in [0.15, 0.2) is 0 Å². The molecule has 0 bridgehead atoms. The van der Waals surface area contributed by atoms with E-state index in [2.05, 4.69) is 23.3 Å². The molecule has 1 aliphatic heterocycles. The van der Waals surface area contributed by atoms with Crippen molar-refractivity contribution < 1.29 is 4.74 Å². The van der Waals surface area contributed by atoms with Crippen molar-refractivity contribution in [3.05, 3.63) is 57.9 Å². The second-order valence-corrected chi connectivity index (χ2v) is 5.85. The van der Waals surface area contributed by atoms with Crippen LogP contribution in [0.4, 0.5) is 0 Å². The molecule has 110 valence electrons. The van der Waals surface area contributed by atoms with Crippen LogP contribution in [0.3, 0.4) is 0 Å². The van der Waals surface area contributed by atoms with Crippen molar-refractivity contribution in [3.8, 4) is 5.75 Å². The normalized spacial score (nSPS) is 17.2. The summed E-state index contributed by atoms with van der Waals surface area (Å²) in [6.45, 7) is 5.62. The van der Waals surface area contributed by atoms with Gasteiger partial charge >= 0.3 is 0 Å². The van der Waals surface area contributed by atoms with E-state index in [1.54, 1.807) is 6.20 Å². The zero-order chi connectivity index (χ0) is 14.8. The molecular formula is C17H19ClN2O. The fraction of sp³-hybridized carbons (Fsp3) is 0.353. The lowest BCUT2D eigenvalue weighted by atomic mass is 9.94. The van der Waals surface area contributed by atoms with Crippen molar-refractivity contribution in [2.45, 2.75) is 32.9 Å². The first-order chi connectivity index (χ1) is 10.2. The van der Waals surface area contributed by atoms with Gasteiger partial charge in [-0.05, 0) is 42.7 Å². The highest BCUT2D eigenvalue weighted by Gasteiger charge is 2.25. The third kappa shape index (κ3) is 2.89. The van der Waals surface area contributed by atoms with Gasteiger partial charge in [-0.25, -0.2) is 0 Å². The van der Waals surface area contributed by atoms with Crippen LogP contribution in [0, 0.1) is 13.8 Å². The molecule has 1 atom stereocenters. The molecule has 1 aromatic carbocycles. The van der Waals surface area contributed by atoms with Gasteiger partial charge in [0.05, 0.1) is 6.61 Å². The monoisotopic (exact) mass is 302 g/mol. The minimum atomic E-state index is 0.270. The highest BCUT2D eigenvalue weighted by Crippen LogP contribution is 2.39. The SMILES string of the molecule is Cc1cc2c(c(C)c1Cl)C(NCc1cccnc1)CCO2. The average Bonchev–Trinajstić information content (AvgIpc) is 2.51. The lowest BCUT2D eigenvalue weighted by Crippen LogP contribution is -2.27. The molecule has 3 nitrogen and oxygen atoms in total. The van der Waals surface area contributed by atoms with E-state index in [1.165, 1.54) is 11.1 Å². The highest BCUT2D eigenvalue weighted by molar-refractivity contribution is 6.32. The predicted octanol–water partition coefficient (Wildman–Crippen LogP) is 3.97. The Hall–Kier alpha value is -1.58. The Bertz CT molecular complexity index is 643. The number of nitrogens with one attached hydrogen (secondary N) is 1. The number of halogens is 1. The van der Waals surface area contributed by atoms with Crippen LogP contribution in [0.5, 0.6) is 5.75 Å². The van der Waals surface area contributed by atoms with Crippen molar-refractivity contribution in [3.63, 3.8) is 0 Å². The summed E-state index contributed by atoms with van der Waals surface area (Å²) in [6, 6.07) is 6.35. The summed E-state index contributed by atoms with van der Waals surface area (Å²) in [5.41, 5.74) is 4.57. The van der Waals surface area contributed by atoms with Crippen LogP contribution in [-0.2, 0) is 6.54 Å². The van der Waals surface area contributed by atoms with Gasteiger partial charge < -0.3 is 10.1 Å². The first-order valence-electron chi connectivity index (χ1n) is 7.21. The highest BCUT2D eigenvalue weighted by atomic mass is 35.5. The van der Waals surface area contributed by atoms with E-state index >= 15 is 0 Å². The number of fused-ring (bicyclic) bond motifs is 1. The molecule has 0 radical (unpaired) electrons. The standard InChI is InChI=1S/C17H19ClN2O/c1-11-8-15-16(12(2)17(11)18)14(5-7-21-15)20-10-13-4-3-6-19-9-13/h3-4,6,8-9,14,20H,5,7,10H2,1-2H3. The fourth-order valence-corrected chi connectivity index (χ4v) is 3.02. The lowest BCUT2D eigenvalue weighted by molar-refractivity contribution is 0.251. The summed E-state index contributed by atoms with van der Waals surface area (Å²) in [6.07, 6.45) is 4.63. The molecule has 2 aromatic rings. The van der Waals surface area contributed by atoms with Crippen LogP contribution in [0.1, 0.15) is 34.7 Å². The molecule has 3 rings (SSSR count). The molecule has 2 heterocycles. The minimum Gasteiger partial charge on any atom is -0.493 e. The van der Waals surface area contributed by atoms with Gasteiger partial charge in [-0.2, -0.15) is 0 Å². The number of pyridine rings is 1. The number of aromatic nitrogens is 1. The Morgan fingerprint density at radius 1 is 1.43 bits per heavy atom. The Morgan fingerprint density at radius 3 is 3.05 bits per heavy atom. The van der Waals surface area contributed by atoms with E-state index in [-0.39, 0.29) is 6.04 Å². The number of hydrogen-bond donors (Lipinski definition) is 1. The smallest absolute Gasteiger partial charge is 0.124 e. The van der Waals surface area contributed by atoms with E-state index < -0.39 is 0 Å². The topological polar surface area (TPSA) is 34.2 Å². The summed E-state index contributed by atoms with van der Waals surface area (Å²) in [5.74, 6) is 0.962. The van der Waals surface area contributed by atoms with Crippen molar-refractivity contribution in [2.75, 3.05) is 6.61 Å².